The number of aromatic hydroxyl groups is 1. The molecule has 1 aromatic heterocycles. The van der Waals surface area contributed by atoms with Gasteiger partial charge >= 0.3 is 17.1 Å². The second-order valence-corrected chi connectivity index (χ2v) is 3.98. The summed E-state index contributed by atoms with van der Waals surface area (Å²) < 4.78 is 5.00. The quantitative estimate of drug-likeness (QED) is 0.639. The molecule has 0 unspecified atom stereocenters. The van der Waals surface area contributed by atoms with E-state index in [0.717, 1.165) is 0 Å². The van der Waals surface area contributed by atoms with Crippen LogP contribution >= 0.6 is 0 Å². The van der Waals surface area contributed by atoms with E-state index in [-0.39, 0.29) is 5.88 Å². The summed E-state index contributed by atoms with van der Waals surface area (Å²) in [4.78, 5) is 33.1. The zero-order chi connectivity index (χ0) is 17.1. The third kappa shape index (κ3) is 2.94. The minimum Gasteiger partial charge on any atom is -0.497 e. The Labute approximate surface area is 126 Å². The summed E-state index contributed by atoms with van der Waals surface area (Å²) in [6.07, 6.45) is 1.26. The first-order chi connectivity index (χ1) is 10.8. The molecule has 1 N–H and O–H groups in total. The molecule has 0 aliphatic rings. The molecule has 0 saturated carbocycles. The Balaban J connectivity index is 2.76. The number of nitro benzene ring substituents is 3. The lowest BCUT2D eigenvalue weighted by Crippen LogP contribution is -2.02. The molecule has 1 heterocycles. The lowest BCUT2D eigenvalue weighted by molar-refractivity contribution is -0.405. The van der Waals surface area contributed by atoms with Gasteiger partial charge in [0.25, 0.3) is 11.5 Å². The molecular weight excluding hydrogens is 316 g/mol. The Morgan fingerprint density at radius 3 is 2.13 bits per heavy atom. The van der Waals surface area contributed by atoms with Gasteiger partial charge in [-0.1, -0.05) is 6.07 Å². The van der Waals surface area contributed by atoms with Crippen LogP contribution in [-0.4, -0.2) is 24.9 Å². The molecule has 0 bridgehead atoms. The number of benzene rings is 1. The van der Waals surface area contributed by atoms with Crippen molar-refractivity contribution in [2.75, 3.05) is 0 Å². The number of nitro groups is 3. The second-order valence-electron chi connectivity index (χ2n) is 3.98. The lowest BCUT2D eigenvalue weighted by atomic mass is 10.2. The molecule has 12 heteroatoms. The smallest absolute Gasteiger partial charge is 0.367 e. The molecule has 0 amide bonds. The fourth-order valence-electron chi connectivity index (χ4n) is 1.67. The zero-order valence-corrected chi connectivity index (χ0v) is 11.0. The first-order valence-electron chi connectivity index (χ1n) is 5.75. The van der Waals surface area contributed by atoms with Gasteiger partial charge in [-0.3, -0.25) is 30.3 Å². The predicted octanol–water partition coefficient (Wildman–Crippen LogP) is 2.30. The van der Waals surface area contributed by atoms with E-state index in [0.29, 0.717) is 6.07 Å². The Morgan fingerprint density at radius 2 is 1.65 bits per heavy atom. The van der Waals surface area contributed by atoms with Crippen LogP contribution in [0.2, 0.25) is 0 Å². The van der Waals surface area contributed by atoms with Crippen LogP contribution in [0.25, 0.3) is 0 Å². The summed E-state index contributed by atoms with van der Waals surface area (Å²) >= 11 is 0. The second kappa shape index (κ2) is 5.88. The van der Waals surface area contributed by atoms with Crippen LogP contribution in [0.4, 0.5) is 17.1 Å². The van der Waals surface area contributed by atoms with Gasteiger partial charge in [-0.05, 0) is 6.07 Å². The molecule has 0 spiro atoms. The molecule has 0 saturated heterocycles. The Bertz CT molecular complexity index is 807. The largest absolute Gasteiger partial charge is 0.497 e. The van der Waals surface area contributed by atoms with Crippen LogP contribution in [-0.2, 0) is 0 Å². The van der Waals surface area contributed by atoms with E-state index < -0.39 is 43.3 Å². The normalized spacial score (nSPS) is 10.1. The van der Waals surface area contributed by atoms with Crippen LogP contribution in [0.1, 0.15) is 0 Å². The van der Waals surface area contributed by atoms with Crippen molar-refractivity contribution in [3.05, 3.63) is 60.8 Å². The minimum atomic E-state index is -1.35. The highest BCUT2D eigenvalue weighted by Crippen LogP contribution is 2.49. The van der Waals surface area contributed by atoms with Crippen molar-refractivity contribution >= 4 is 17.1 Å². The van der Waals surface area contributed by atoms with Crippen molar-refractivity contribution in [1.82, 2.24) is 4.98 Å². The molecule has 23 heavy (non-hydrogen) atoms. The van der Waals surface area contributed by atoms with Gasteiger partial charge < -0.3 is 9.84 Å². The van der Waals surface area contributed by atoms with E-state index in [1.165, 1.54) is 24.4 Å². The van der Waals surface area contributed by atoms with E-state index >= 15 is 0 Å². The summed E-state index contributed by atoms with van der Waals surface area (Å²) in [5.41, 5.74) is -3.53. The van der Waals surface area contributed by atoms with Gasteiger partial charge in [-0.15, -0.1) is 0 Å². The maximum atomic E-state index is 11.1. The van der Waals surface area contributed by atoms with Crippen LogP contribution in [0, 0.1) is 30.3 Å². The van der Waals surface area contributed by atoms with Gasteiger partial charge in [0.2, 0.25) is 5.88 Å². The summed E-state index contributed by atoms with van der Waals surface area (Å²) in [5, 5.41) is 42.6. The van der Waals surface area contributed by atoms with Gasteiger partial charge in [0.15, 0.2) is 0 Å². The number of pyridine rings is 1. The summed E-state index contributed by atoms with van der Waals surface area (Å²) in [6.45, 7) is 0. The van der Waals surface area contributed by atoms with Crippen molar-refractivity contribution in [2.24, 2.45) is 0 Å². The van der Waals surface area contributed by atoms with Gasteiger partial charge in [0.1, 0.15) is 6.07 Å². The first-order valence-corrected chi connectivity index (χ1v) is 5.75. The molecule has 1 aromatic carbocycles. The standard InChI is InChI=1S/C11H6N4O8/c16-10-6(13(17)18)5-7(14(19)20)11(9(10)15(21)22)23-8-3-1-2-4-12-8/h1-5,16H. The third-order valence-corrected chi connectivity index (χ3v) is 2.61. The predicted molar refractivity (Wildman–Crippen MR) is 72.4 cm³/mol. The van der Waals surface area contributed by atoms with Crippen molar-refractivity contribution in [1.29, 1.82) is 0 Å². The molecular formula is C11H6N4O8. The Hall–Kier alpha value is -3.83. The number of phenolic OH excluding ortho intramolecular Hbond substituents is 1. The Morgan fingerprint density at radius 1 is 1.00 bits per heavy atom. The van der Waals surface area contributed by atoms with E-state index in [1.54, 1.807) is 0 Å². The number of aromatic nitrogens is 1. The van der Waals surface area contributed by atoms with Gasteiger partial charge in [-0.25, -0.2) is 4.98 Å². The van der Waals surface area contributed by atoms with Crippen LogP contribution in [0.5, 0.6) is 17.4 Å². The van der Waals surface area contributed by atoms with E-state index in [2.05, 4.69) is 4.98 Å². The number of ether oxygens (including phenoxy) is 1. The molecule has 0 atom stereocenters. The van der Waals surface area contributed by atoms with E-state index in [1.807, 2.05) is 0 Å². The highest BCUT2D eigenvalue weighted by Gasteiger charge is 2.39. The summed E-state index contributed by atoms with van der Waals surface area (Å²) in [5.74, 6) is -2.54. The number of rotatable bonds is 5. The maximum Gasteiger partial charge on any atom is 0.367 e. The van der Waals surface area contributed by atoms with Crippen molar-refractivity contribution in [3.63, 3.8) is 0 Å². The monoisotopic (exact) mass is 322 g/mol. The zero-order valence-electron chi connectivity index (χ0n) is 11.0. The summed E-state index contributed by atoms with van der Waals surface area (Å²) in [7, 11) is 0. The maximum absolute atomic E-state index is 11.1. The molecule has 2 rings (SSSR count). The molecule has 2 aromatic rings. The molecule has 0 aliphatic carbocycles. The molecule has 0 fully saturated rings. The van der Waals surface area contributed by atoms with Gasteiger partial charge in [0.05, 0.1) is 14.8 Å². The fraction of sp³-hybridized carbons (Fsp3) is 0. The van der Waals surface area contributed by atoms with Crippen molar-refractivity contribution in [2.45, 2.75) is 0 Å². The number of phenols is 1. The average Bonchev–Trinajstić information content (AvgIpc) is 2.47. The SMILES string of the molecule is O=[N+]([O-])c1cc([N+](=O)[O-])c(Oc2ccccn2)c([N+](=O)[O-])c1O. The van der Waals surface area contributed by atoms with Crippen LogP contribution < -0.4 is 4.74 Å². The number of nitrogens with zero attached hydrogens (tertiary/aromatic N) is 4. The molecule has 12 nitrogen and oxygen atoms in total. The van der Waals surface area contributed by atoms with E-state index in [4.69, 9.17) is 4.74 Å². The number of hydrogen-bond acceptors (Lipinski definition) is 9. The molecule has 0 radical (unpaired) electrons. The lowest BCUT2D eigenvalue weighted by Gasteiger charge is -2.07. The highest BCUT2D eigenvalue weighted by atomic mass is 16.6. The van der Waals surface area contributed by atoms with Gasteiger partial charge in [0, 0.05) is 12.3 Å². The highest BCUT2D eigenvalue weighted by molar-refractivity contribution is 5.74. The van der Waals surface area contributed by atoms with E-state index in [9.17, 15) is 35.4 Å². The average molecular weight is 322 g/mol. The van der Waals surface area contributed by atoms with Crippen LogP contribution in [0.15, 0.2) is 30.5 Å². The molecule has 0 aliphatic heterocycles. The van der Waals surface area contributed by atoms with Crippen molar-refractivity contribution < 1.29 is 24.6 Å². The summed E-state index contributed by atoms with van der Waals surface area (Å²) in [6, 6.07) is 4.58. The fourth-order valence-corrected chi connectivity index (χ4v) is 1.67. The van der Waals surface area contributed by atoms with Crippen molar-refractivity contribution in [3.8, 4) is 17.4 Å². The number of hydrogen-bond donors (Lipinski definition) is 1. The Kier molecular flexibility index (Phi) is 3.98. The van der Waals surface area contributed by atoms with Crippen LogP contribution in [0.3, 0.4) is 0 Å². The first kappa shape index (κ1) is 15.6. The molecule has 118 valence electrons. The topological polar surface area (TPSA) is 172 Å². The third-order valence-electron chi connectivity index (χ3n) is 2.61. The van der Waals surface area contributed by atoms with Gasteiger partial charge in [-0.2, -0.15) is 0 Å². The minimum absolute atomic E-state index is 0.230.